The predicted octanol–water partition coefficient (Wildman–Crippen LogP) is 3.32. The molecule has 5 rings (SSSR count). The van der Waals surface area contributed by atoms with Crippen molar-refractivity contribution in [2.75, 3.05) is 27.6 Å². The summed E-state index contributed by atoms with van der Waals surface area (Å²) in [6.45, 7) is 2.18. The number of phenols is 1. The molecule has 0 spiro atoms. The molecule has 0 amide bonds. The Bertz CT molecular complexity index is 1130. The summed E-state index contributed by atoms with van der Waals surface area (Å²) >= 11 is 0. The van der Waals surface area contributed by atoms with Crippen molar-refractivity contribution >= 4 is 11.9 Å². The lowest BCUT2D eigenvalue weighted by molar-refractivity contribution is -0.141. The highest BCUT2D eigenvalue weighted by Gasteiger charge is 2.49. The van der Waals surface area contributed by atoms with E-state index in [-0.39, 0.29) is 54.9 Å². The second kappa shape index (κ2) is 8.62. The third kappa shape index (κ3) is 3.46. The van der Waals surface area contributed by atoms with Gasteiger partial charge in [-0.15, -0.1) is 0 Å². The highest BCUT2D eigenvalue weighted by atomic mass is 16.7. The highest BCUT2D eigenvalue weighted by molar-refractivity contribution is 5.80. The van der Waals surface area contributed by atoms with Crippen molar-refractivity contribution in [1.29, 1.82) is 0 Å². The summed E-state index contributed by atoms with van der Waals surface area (Å²) in [6.07, 6.45) is 1.40. The Hall–Kier alpha value is -3.62. The molecule has 2 aromatic rings. The van der Waals surface area contributed by atoms with Crippen LogP contribution in [0.5, 0.6) is 34.5 Å². The molecule has 9 heteroatoms. The topological polar surface area (TPSA) is 110 Å². The fourth-order valence-electron chi connectivity index (χ4n) is 5.15. The average molecular weight is 470 g/mol. The van der Waals surface area contributed by atoms with E-state index in [9.17, 15) is 14.7 Å². The molecule has 2 aliphatic heterocycles. The summed E-state index contributed by atoms with van der Waals surface area (Å²) in [4.78, 5) is 25.4. The highest BCUT2D eigenvalue weighted by Crippen LogP contribution is 2.56. The lowest BCUT2D eigenvalue weighted by Crippen LogP contribution is -2.32. The minimum Gasteiger partial charge on any atom is -0.502 e. The number of cyclic esters (lactones) is 1. The largest absolute Gasteiger partial charge is 0.502 e. The van der Waals surface area contributed by atoms with E-state index < -0.39 is 11.8 Å². The molecule has 2 heterocycles. The van der Waals surface area contributed by atoms with Gasteiger partial charge >= 0.3 is 11.9 Å². The van der Waals surface area contributed by atoms with Gasteiger partial charge in [-0.25, -0.2) is 0 Å². The number of esters is 2. The Labute approximate surface area is 196 Å². The number of methoxy groups -OCH3 is 2. The van der Waals surface area contributed by atoms with E-state index in [0.717, 1.165) is 11.1 Å². The quantitative estimate of drug-likeness (QED) is 0.502. The molecule has 180 valence electrons. The van der Waals surface area contributed by atoms with Gasteiger partial charge in [-0.1, -0.05) is 6.92 Å². The van der Waals surface area contributed by atoms with Crippen molar-refractivity contribution in [2.45, 2.75) is 32.1 Å². The van der Waals surface area contributed by atoms with Crippen molar-refractivity contribution < 1.29 is 43.1 Å². The fourth-order valence-corrected chi connectivity index (χ4v) is 5.15. The minimum atomic E-state index is -0.467. The number of aromatic hydroxyl groups is 1. The number of phenolic OH excluding ortho intramolecular Hbond substituents is 1. The molecular weight excluding hydrogens is 444 g/mol. The Morgan fingerprint density at radius 1 is 1.12 bits per heavy atom. The summed E-state index contributed by atoms with van der Waals surface area (Å²) < 4.78 is 33.3. The molecule has 1 saturated heterocycles. The standard InChI is InChI=1S/C25H26O9/c1-4-5-19(26)34-23-15-6-13-10-31-25(28)21(13)20(14(15)9-18-24(23)33-11-32-18)12-7-16(29-2)22(27)17(8-12)30-3/h7-9,13,20-21,27H,4-6,10-11H2,1-3H3/t13-,20+,21-/m0/s1. The maximum absolute atomic E-state index is 12.9. The summed E-state index contributed by atoms with van der Waals surface area (Å²) in [5, 5.41) is 10.4. The zero-order valence-electron chi connectivity index (χ0n) is 19.2. The van der Waals surface area contributed by atoms with Crippen molar-refractivity contribution in [3.05, 3.63) is 34.9 Å². The molecule has 1 fully saturated rings. The van der Waals surface area contributed by atoms with E-state index >= 15 is 0 Å². The number of fused-ring (bicyclic) bond motifs is 3. The lowest BCUT2D eigenvalue weighted by atomic mass is 9.67. The van der Waals surface area contributed by atoms with Crippen molar-refractivity contribution in [1.82, 2.24) is 0 Å². The average Bonchev–Trinajstić information content (AvgIpc) is 3.45. The number of benzene rings is 2. The number of rotatable bonds is 6. The monoisotopic (exact) mass is 470 g/mol. The summed E-state index contributed by atoms with van der Waals surface area (Å²) in [5.74, 6) is -0.223. The van der Waals surface area contributed by atoms with Gasteiger partial charge in [0.2, 0.25) is 18.3 Å². The first kappa shape index (κ1) is 22.2. The molecule has 0 saturated carbocycles. The van der Waals surface area contributed by atoms with Crippen LogP contribution in [0.4, 0.5) is 0 Å². The third-order valence-corrected chi connectivity index (χ3v) is 6.67. The molecule has 0 unspecified atom stereocenters. The smallest absolute Gasteiger partial charge is 0.311 e. The molecule has 3 atom stereocenters. The first-order valence-corrected chi connectivity index (χ1v) is 11.2. The van der Waals surface area contributed by atoms with E-state index in [1.807, 2.05) is 13.0 Å². The number of ether oxygens (including phenoxy) is 6. The van der Waals surface area contributed by atoms with Crippen LogP contribution in [-0.2, 0) is 20.7 Å². The zero-order chi connectivity index (χ0) is 24.0. The summed E-state index contributed by atoms with van der Waals surface area (Å²) in [5.41, 5.74) is 2.26. The van der Waals surface area contributed by atoms with Crippen molar-refractivity contribution in [2.24, 2.45) is 11.8 Å². The van der Waals surface area contributed by atoms with Crippen LogP contribution in [0.2, 0.25) is 0 Å². The van der Waals surface area contributed by atoms with E-state index in [4.69, 9.17) is 28.4 Å². The van der Waals surface area contributed by atoms with Gasteiger partial charge in [-0.2, -0.15) is 0 Å². The van der Waals surface area contributed by atoms with Gasteiger partial charge in [-0.05, 0) is 42.2 Å². The molecule has 34 heavy (non-hydrogen) atoms. The van der Waals surface area contributed by atoms with Gasteiger partial charge in [0.25, 0.3) is 0 Å². The Kier molecular flexibility index (Phi) is 5.63. The Morgan fingerprint density at radius 3 is 2.53 bits per heavy atom. The predicted molar refractivity (Wildman–Crippen MR) is 118 cm³/mol. The van der Waals surface area contributed by atoms with Gasteiger partial charge < -0.3 is 33.5 Å². The molecule has 0 aromatic heterocycles. The van der Waals surface area contributed by atoms with Crippen LogP contribution in [0.15, 0.2) is 18.2 Å². The maximum Gasteiger partial charge on any atom is 0.311 e. The van der Waals surface area contributed by atoms with Crippen LogP contribution in [0, 0.1) is 11.8 Å². The van der Waals surface area contributed by atoms with E-state index in [0.29, 0.717) is 35.7 Å². The third-order valence-electron chi connectivity index (χ3n) is 6.67. The molecular formula is C25H26O9. The lowest BCUT2D eigenvalue weighted by Gasteiger charge is -2.34. The van der Waals surface area contributed by atoms with Gasteiger partial charge in [0, 0.05) is 23.8 Å². The number of carbonyl (C=O) groups excluding carboxylic acids is 2. The number of hydrogen-bond donors (Lipinski definition) is 1. The Balaban J connectivity index is 1.72. The zero-order valence-corrected chi connectivity index (χ0v) is 19.2. The van der Waals surface area contributed by atoms with Crippen LogP contribution >= 0.6 is 0 Å². The first-order chi connectivity index (χ1) is 16.5. The van der Waals surface area contributed by atoms with Crippen molar-refractivity contribution in [3.63, 3.8) is 0 Å². The molecule has 1 aliphatic carbocycles. The van der Waals surface area contributed by atoms with Crippen LogP contribution < -0.4 is 23.7 Å². The molecule has 0 radical (unpaired) electrons. The Morgan fingerprint density at radius 2 is 1.85 bits per heavy atom. The van der Waals surface area contributed by atoms with Crippen LogP contribution in [0.3, 0.4) is 0 Å². The van der Waals surface area contributed by atoms with Crippen LogP contribution in [0.1, 0.15) is 42.4 Å². The fraction of sp³-hybridized carbons (Fsp3) is 0.440. The molecule has 3 aliphatic rings. The number of carbonyl (C=O) groups is 2. The minimum absolute atomic E-state index is 0.0109. The SMILES string of the molecule is CCCC(=O)Oc1c2c(cc3c1OCO3)[C@@H](c1cc(OC)c(O)c(OC)c1)[C@H]1C(=O)OC[C@@H]1C2. The molecule has 2 aromatic carbocycles. The second-order valence-electron chi connectivity index (χ2n) is 8.60. The maximum atomic E-state index is 12.9. The van der Waals surface area contributed by atoms with Gasteiger partial charge in [0.15, 0.2) is 23.0 Å². The van der Waals surface area contributed by atoms with Crippen LogP contribution in [0.25, 0.3) is 0 Å². The van der Waals surface area contributed by atoms with Crippen LogP contribution in [-0.4, -0.2) is 44.7 Å². The van der Waals surface area contributed by atoms with E-state index in [1.54, 1.807) is 12.1 Å². The van der Waals surface area contributed by atoms with Gasteiger partial charge in [0.05, 0.1) is 26.7 Å². The summed E-state index contributed by atoms with van der Waals surface area (Å²) in [7, 11) is 2.89. The second-order valence-corrected chi connectivity index (χ2v) is 8.60. The van der Waals surface area contributed by atoms with Gasteiger partial charge in [0.1, 0.15) is 0 Å². The van der Waals surface area contributed by atoms with Gasteiger partial charge in [-0.3, -0.25) is 9.59 Å². The first-order valence-electron chi connectivity index (χ1n) is 11.2. The molecule has 1 N–H and O–H groups in total. The van der Waals surface area contributed by atoms with E-state index in [2.05, 4.69) is 0 Å². The molecule has 0 bridgehead atoms. The normalized spacial score (nSPS) is 22.0. The van der Waals surface area contributed by atoms with Crippen molar-refractivity contribution in [3.8, 4) is 34.5 Å². The number of hydrogen-bond acceptors (Lipinski definition) is 9. The summed E-state index contributed by atoms with van der Waals surface area (Å²) in [6, 6.07) is 5.22. The molecule has 9 nitrogen and oxygen atoms in total. The van der Waals surface area contributed by atoms with E-state index in [1.165, 1.54) is 14.2 Å².